The fourth-order valence-electron chi connectivity index (χ4n) is 3.49. The van der Waals surface area contributed by atoms with Gasteiger partial charge in [0, 0.05) is 6.61 Å². The highest BCUT2D eigenvalue weighted by Crippen LogP contribution is 2.14. The van der Waals surface area contributed by atoms with E-state index >= 15 is 0 Å². The monoisotopic (exact) mass is 476 g/mol. The molecule has 0 aromatic carbocycles. The van der Waals surface area contributed by atoms with E-state index in [2.05, 4.69) is 23.4 Å². The van der Waals surface area contributed by atoms with Crippen molar-refractivity contribution in [2.45, 2.75) is 110 Å². The molecule has 0 aliphatic rings. The Kier molecular flexibility index (Phi) is 28.5. The molecule has 0 aromatic heterocycles. The molecule has 0 bridgehead atoms. The quantitative estimate of drug-likeness (QED) is 0.107. The first-order valence-electron chi connectivity index (χ1n) is 13.3. The van der Waals surface area contributed by atoms with Gasteiger partial charge in [0.2, 0.25) is 0 Å². The number of hydrogen-bond acceptors (Lipinski definition) is 6. The van der Waals surface area contributed by atoms with Crippen molar-refractivity contribution in [3.63, 3.8) is 0 Å². The summed E-state index contributed by atoms with van der Waals surface area (Å²) in [6.45, 7) is 4.09. The molecule has 0 aliphatic carbocycles. The smallest absolute Gasteiger partial charge is 0.331 e. The zero-order valence-corrected chi connectivity index (χ0v) is 21.8. The number of carbonyl (C=O) groups excluding carboxylic acids is 1. The van der Waals surface area contributed by atoms with Gasteiger partial charge >= 0.3 is 5.97 Å². The molecular formula is C26H52O5S. The second-order valence-electron chi connectivity index (χ2n) is 8.52. The molecule has 6 heteroatoms. The molecule has 0 spiro atoms. The third kappa shape index (κ3) is 27.7. The van der Waals surface area contributed by atoms with Crippen LogP contribution in [0.4, 0.5) is 0 Å². The average molecular weight is 477 g/mol. The lowest BCUT2D eigenvalue weighted by Gasteiger charge is -2.06. The van der Waals surface area contributed by atoms with Crippen LogP contribution < -0.4 is 0 Å². The molecular weight excluding hydrogens is 424 g/mol. The molecule has 1 N–H and O–H groups in total. The Morgan fingerprint density at radius 1 is 0.594 bits per heavy atom. The Hall–Kier alpha value is -0.300. The first-order chi connectivity index (χ1) is 15.8. The van der Waals surface area contributed by atoms with Gasteiger partial charge in [-0.2, -0.15) is 11.8 Å². The minimum Gasteiger partial charge on any atom is -0.462 e. The molecule has 0 aromatic rings. The molecule has 0 unspecified atom stereocenters. The normalized spacial score (nSPS) is 11.2. The summed E-state index contributed by atoms with van der Waals surface area (Å²) < 4.78 is 15.5. The van der Waals surface area contributed by atoms with E-state index in [1.54, 1.807) is 0 Å². The molecule has 0 saturated heterocycles. The van der Waals surface area contributed by atoms with Crippen molar-refractivity contribution in [1.82, 2.24) is 0 Å². The van der Waals surface area contributed by atoms with Gasteiger partial charge in [0.25, 0.3) is 0 Å². The summed E-state index contributed by atoms with van der Waals surface area (Å²) in [6, 6.07) is 0. The second kappa shape index (κ2) is 28.7. The Labute approximate surface area is 202 Å². The Balaban J connectivity index is 3.02. The van der Waals surface area contributed by atoms with E-state index in [9.17, 15) is 4.79 Å². The summed E-state index contributed by atoms with van der Waals surface area (Å²) in [7, 11) is 0. The molecule has 0 aliphatic heterocycles. The summed E-state index contributed by atoms with van der Waals surface area (Å²) in [4.78, 5) is 10.7. The first-order valence-corrected chi connectivity index (χ1v) is 14.5. The molecule has 192 valence electrons. The lowest BCUT2D eigenvalue weighted by atomic mass is 10.1. The van der Waals surface area contributed by atoms with E-state index in [0.29, 0.717) is 19.8 Å². The maximum absolute atomic E-state index is 10.7. The molecule has 0 radical (unpaired) electrons. The fourth-order valence-corrected chi connectivity index (χ4v) is 4.51. The van der Waals surface area contributed by atoms with Crippen LogP contribution in [0, 0.1) is 0 Å². The van der Waals surface area contributed by atoms with Gasteiger partial charge in [-0.25, -0.2) is 4.79 Å². The molecule has 0 atom stereocenters. The Morgan fingerprint density at radius 3 is 1.56 bits per heavy atom. The number of aliphatic hydroxyl groups excluding tert-OH is 1. The van der Waals surface area contributed by atoms with Crippen molar-refractivity contribution in [2.24, 2.45) is 0 Å². The zero-order chi connectivity index (χ0) is 23.4. The lowest BCUT2D eigenvalue weighted by Crippen LogP contribution is -2.15. The fraction of sp³-hybridized carbons (Fsp3) is 0.962. The van der Waals surface area contributed by atoms with E-state index in [4.69, 9.17) is 14.6 Å². The largest absolute Gasteiger partial charge is 0.462 e. The van der Waals surface area contributed by atoms with Gasteiger partial charge in [-0.15, -0.1) is 0 Å². The SMILES string of the molecule is CCCCCCCCCSCCCCCCCCCCCOCCOCCOC(=O)CO. The molecule has 0 rings (SSSR count). The van der Waals surface area contributed by atoms with Crippen molar-refractivity contribution in [3.05, 3.63) is 0 Å². The van der Waals surface area contributed by atoms with Gasteiger partial charge in [-0.05, 0) is 30.8 Å². The van der Waals surface area contributed by atoms with E-state index in [0.717, 1.165) is 13.0 Å². The van der Waals surface area contributed by atoms with Gasteiger partial charge in [0.05, 0.1) is 19.8 Å². The number of hydrogen-bond donors (Lipinski definition) is 1. The first kappa shape index (κ1) is 31.7. The zero-order valence-electron chi connectivity index (χ0n) is 21.0. The third-order valence-electron chi connectivity index (χ3n) is 5.46. The van der Waals surface area contributed by atoms with Crippen LogP contribution in [-0.4, -0.2) is 62.2 Å². The molecule has 0 heterocycles. The average Bonchev–Trinajstić information content (AvgIpc) is 2.81. The minimum atomic E-state index is -0.617. The highest BCUT2D eigenvalue weighted by atomic mass is 32.2. The van der Waals surface area contributed by atoms with Crippen LogP contribution in [0.5, 0.6) is 0 Å². The van der Waals surface area contributed by atoms with E-state index in [1.807, 2.05) is 0 Å². The standard InChI is InChI=1S/C26H52O5S/c1-2-3-4-5-10-13-16-23-32-24-17-14-11-8-6-7-9-12-15-18-29-19-20-30-21-22-31-26(28)25-27/h27H,2-25H2,1H3. The molecule has 0 saturated carbocycles. The summed E-state index contributed by atoms with van der Waals surface area (Å²) in [6.07, 6.45) is 21.9. The van der Waals surface area contributed by atoms with Crippen molar-refractivity contribution in [3.8, 4) is 0 Å². The van der Waals surface area contributed by atoms with Crippen LogP contribution in [0.3, 0.4) is 0 Å². The summed E-state index contributed by atoms with van der Waals surface area (Å²) in [5.74, 6) is 2.11. The van der Waals surface area contributed by atoms with Gasteiger partial charge in [0.15, 0.2) is 0 Å². The van der Waals surface area contributed by atoms with Gasteiger partial charge in [-0.1, -0.05) is 90.4 Å². The van der Waals surface area contributed by atoms with Crippen molar-refractivity contribution in [2.75, 3.05) is 51.1 Å². The number of esters is 1. The number of aliphatic hydroxyl groups is 1. The van der Waals surface area contributed by atoms with Crippen LogP contribution in [0.25, 0.3) is 0 Å². The summed E-state index contributed by atoms with van der Waals surface area (Å²) in [5.41, 5.74) is 0. The number of thioether (sulfide) groups is 1. The van der Waals surface area contributed by atoms with Crippen molar-refractivity contribution < 1.29 is 24.1 Å². The van der Waals surface area contributed by atoms with E-state index in [1.165, 1.54) is 108 Å². The van der Waals surface area contributed by atoms with Crippen LogP contribution in [0.2, 0.25) is 0 Å². The van der Waals surface area contributed by atoms with Crippen LogP contribution in [0.1, 0.15) is 110 Å². The van der Waals surface area contributed by atoms with Gasteiger partial charge in [-0.3, -0.25) is 0 Å². The van der Waals surface area contributed by atoms with Gasteiger partial charge in [0.1, 0.15) is 13.2 Å². The minimum absolute atomic E-state index is 0.178. The number of carbonyl (C=O) groups is 1. The Bertz CT molecular complexity index is 368. The molecule has 5 nitrogen and oxygen atoms in total. The maximum Gasteiger partial charge on any atom is 0.331 e. The molecule has 0 amide bonds. The van der Waals surface area contributed by atoms with E-state index in [-0.39, 0.29) is 6.61 Å². The van der Waals surface area contributed by atoms with Crippen LogP contribution in [0.15, 0.2) is 0 Å². The Morgan fingerprint density at radius 2 is 1.03 bits per heavy atom. The predicted molar refractivity (Wildman–Crippen MR) is 137 cm³/mol. The highest BCUT2D eigenvalue weighted by molar-refractivity contribution is 7.99. The van der Waals surface area contributed by atoms with Crippen molar-refractivity contribution in [1.29, 1.82) is 0 Å². The summed E-state index contributed by atoms with van der Waals surface area (Å²) >= 11 is 2.17. The van der Waals surface area contributed by atoms with Gasteiger partial charge < -0.3 is 19.3 Å². The molecule has 0 fully saturated rings. The summed E-state index contributed by atoms with van der Waals surface area (Å²) in [5, 5.41) is 8.49. The predicted octanol–water partition coefficient (Wildman–Crippen LogP) is 6.55. The molecule has 32 heavy (non-hydrogen) atoms. The number of rotatable bonds is 27. The second-order valence-corrected chi connectivity index (χ2v) is 9.74. The van der Waals surface area contributed by atoms with Crippen LogP contribution >= 0.6 is 11.8 Å². The van der Waals surface area contributed by atoms with E-state index < -0.39 is 12.6 Å². The topological polar surface area (TPSA) is 65.0 Å². The highest BCUT2D eigenvalue weighted by Gasteiger charge is 1.99. The van der Waals surface area contributed by atoms with Crippen molar-refractivity contribution >= 4 is 17.7 Å². The van der Waals surface area contributed by atoms with Crippen LogP contribution in [-0.2, 0) is 19.0 Å². The maximum atomic E-state index is 10.7. The number of unbranched alkanes of at least 4 members (excludes halogenated alkanes) is 14. The number of ether oxygens (including phenoxy) is 3. The third-order valence-corrected chi connectivity index (χ3v) is 6.62. The lowest BCUT2D eigenvalue weighted by molar-refractivity contribution is -0.148.